The number of benzene rings is 1. The van der Waals surface area contributed by atoms with Gasteiger partial charge in [-0.3, -0.25) is 4.79 Å². The van der Waals surface area contributed by atoms with Gasteiger partial charge < -0.3 is 16.4 Å². The Kier molecular flexibility index (Phi) is 4.47. The third-order valence-electron chi connectivity index (χ3n) is 3.07. The highest BCUT2D eigenvalue weighted by molar-refractivity contribution is 7.09. The molecule has 112 valence electrons. The third-order valence-corrected chi connectivity index (χ3v) is 4.16. The van der Waals surface area contributed by atoms with E-state index in [1.165, 1.54) is 0 Å². The zero-order valence-corrected chi connectivity index (χ0v) is 13.3. The first-order valence-electron chi connectivity index (χ1n) is 6.80. The number of aromatic nitrogens is 1. The van der Waals surface area contributed by atoms with Crippen LogP contribution in [-0.4, -0.2) is 17.4 Å². The zero-order chi connectivity index (χ0) is 15.5. The molecule has 0 radical (unpaired) electrons. The highest BCUT2D eigenvalue weighted by Crippen LogP contribution is 2.30. The van der Waals surface area contributed by atoms with E-state index in [-0.39, 0.29) is 11.4 Å². The van der Waals surface area contributed by atoms with Crippen molar-refractivity contribution in [2.75, 3.05) is 17.6 Å². The van der Waals surface area contributed by atoms with Crippen LogP contribution in [0.25, 0.3) is 0 Å². The van der Waals surface area contributed by atoms with Crippen molar-refractivity contribution in [2.24, 2.45) is 0 Å². The molecule has 0 spiro atoms. The van der Waals surface area contributed by atoms with Crippen molar-refractivity contribution in [2.45, 2.75) is 26.3 Å². The van der Waals surface area contributed by atoms with Crippen molar-refractivity contribution in [3.8, 4) is 0 Å². The van der Waals surface area contributed by atoms with Crippen LogP contribution < -0.4 is 16.4 Å². The number of amides is 1. The first-order valence-corrected chi connectivity index (χ1v) is 7.68. The summed E-state index contributed by atoms with van der Waals surface area (Å²) >= 11 is 1.59. The van der Waals surface area contributed by atoms with E-state index in [2.05, 4.69) is 15.6 Å². The van der Waals surface area contributed by atoms with Gasteiger partial charge in [-0.05, 0) is 39.0 Å². The van der Waals surface area contributed by atoms with Gasteiger partial charge in [-0.2, -0.15) is 0 Å². The summed E-state index contributed by atoms with van der Waals surface area (Å²) < 4.78 is 0. The molecule has 0 atom stereocenters. The lowest BCUT2D eigenvalue weighted by Gasteiger charge is -2.26. The molecule has 2 rings (SSSR count). The van der Waals surface area contributed by atoms with Crippen molar-refractivity contribution in [1.29, 1.82) is 0 Å². The van der Waals surface area contributed by atoms with Crippen LogP contribution in [0.3, 0.4) is 0 Å². The molecule has 0 fully saturated rings. The summed E-state index contributed by atoms with van der Waals surface area (Å²) in [5.41, 5.74) is 7.63. The predicted octanol–water partition coefficient (Wildman–Crippen LogP) is 2.82. The molecular weight excluding hydrogens is 284 g/mol. The van der Waals surface area contributed by atoms with Crippen LogP contribution in [0.4, 0.5) is 11.4 Å². The second kappa shape index (κ2) is 6.13. The normalized spacial score (nSPS) is 11.2. The number of nitrogen functional groups attached to an aromatic ring is 1. The molecule has 5 nitrogen and oxygen atoms in total. The molecule has 0 bridgehead atoms. The number of anilines is 2. The number of nitrogens with zero attached hydrogens (tertiary/aromatic N) is 1. The number of hydrogen-bond donors (Lipinski definition) is 3. The van der Waals surface area contributed by atoms with E-state index in [1.54, 1.807) is 29.7 Å². The van der Waals surface area contributed by atoms with Crippen LogP contribution in [0.1, 0.15) is 36.1 Å². The van der Waals surface area contributed by atoms with Crippen LogP contribution in [0.5, 0.6) is 0 Å². The number of thiazole rings is 1. The Balaban J connectivity index is 2.20. The average Bonchev–Trinajstić information content (AvgIpc) is 2.96. The molecule has 21 heavy (non-hydrogen) atoms. The second-order valence-corrected chi connectivity index (χ2v) is 6.14. The Labute approximate surface area is 128 Å². The van der Waals surface area contributed by atoms with Crippen LogP contribution in [0, 0.1) is 0 Å². The quantitative estimate of drug-likeness (QED) is 0.742. The topological polar surface area (TPSA) is 80.0 Å². The van der Waals surface area contributed by atoms with Crippen LogP contribution >= 0.6 is 11.3 Å². The van der Waals surface area contributed by atoms with Gasteiger partial charge in [0.15, 0.2) is 0 Å². The summed E-state index contributed by atoms with van der Waals surface area (Å²) in [7, 11) is 0. The summed E-state index contributed by atoms with van der Waals surface area (Å²) in [5.74, 6) is -0.116. The predicted molar refractivity (Wildman–Crippen MR) is 87.6 cm³/mol. The molecule has 0 saturated heterocycles. The molecule has 0 saturated carbocycles. The molecular formula is C15H20N4OS. The maximum atomic E-state index is 11.8. The number of nitrogens with two attached hydrogens (primary N) is 1. The smallest absolute Gasteiger partial charge is 0.251 e. The standard InChI is InChI=1S/C15H20N4OS/c1-4-17-13(20)10-5-6-12(11(16)9-10)19-15(2,3)14-18-7-8-21-14/h5-9,19H,4,16H2,1-3H3,(H,17,20). The van der Waals surface area contributed by atoms with Gasteiger partial charge in [0, 0.05) is 23.7 Å². The molecule has 1 heterocycles. The highest BCUT2D eigenvalue weighted by Gasteiger charge is 2.24. The molecule has 2 aromatic rings. The Morgan fingerprint density at radius 3 is 2.76 bits per heavy atom. The number of nitrogens with one attached hydrogen (secondary N) is 2. The minimum Gasteiger partial charge on any atom is -0.397 e. The molecule has 1 aromatic carbocycles. The van der Waals surface area contributed by atoms with Crippen molar-refractivity contribution >= 4 is 28.6 Å². The molecule has 0 aliphatic carbocycles. The van der Waals surface area contributed by atoms with Crippen LogP contribution in [-0.2, 0) is 5.54 Å². The summed E-state index contributed by atoms with van der Waals surface area (Å²) in [6.45, 7) is 6.56. The minimum atomic E-state index is -0.324. The molecule has 0 unspecified atom stereocenters. The monoisotopic (exact) mass is 304 g/mol. The van der Waals surface area contributed by atoms with Crippen molar-refractivity contribution in [3.05, 3.63) is 40.3 Å². The number of rotatable bonds is 5. The van der Waals surface area contributed by atoms with Gasteiger partial charge in [0.2, 0.25) is 0 Å². The molecule has 6 heteroatoms. The van der Waals surface area contributed by atoms with Crippen molar-refractivity contribution in [3.63, 3.8) is 0 Å². The molecule has 1 aromatic heterocycles. The lowest BCUT2D eigenvalue weighted by Crippen LogP contribution is -2.28. The van der Waals surface area contributed by atoms with Gasteiger partial charge in [-0.1, -0.05) is 0 Å². The van der Waals surface area contributed by atoms with E-state index in [9.17, 15) is 4.79 Å². The van der Waals surface area contributed by atoms with E-state index in [4.69, 9.17) is 5.73 Å². The van der Waals surface area contributed by atoms with Crippen LogP contribution in [0.2, 0.25) is 0 Å². The summed E-state index contributed by atoms with van der Waals surface area (Å²) in [6.07, 6.45) is 1.78. The maximum Gasteiger partial charge on any atom is 0.251 e. The fraction of sp³-hybridized carbons (Fsp3) is 0.333. The lowest BCUT2D eigenvalue weighted by molar-refractivity contribution is 0.0956. The highest BCUT2D eigenvalue weighted by atomic mass is 32.1. The minimum absolute atomic E-state index is 0.116. The van der Waals surface area contributed by atoms with E-state index >= 15 is 0 Å². The van der Waals surface area contributed by atoms with E-state index in [0.717, 1.165) is 10.7 Å². The SMILES string of the molecule is CCNC(=O)c1ccc(NC(C)(C)c2nccs2)c(N)c1. The summed E-state index contributed by atoms with van der Waals surface area (Å²) in [5, 5.41) is 9.06. The zero-order valence-electron chi connectivity index (χ0n) is 12.4. The first kappa shape index (κ1) is 15.3. The third kappa shape index (κ3) is 3.52. The fourth-order valence-corrected chi connectivity index (χ4v) is 2.72. The average molecular weight is 304 g/mol. The largest absolute Gasteiger partial charge is 0.397 e. The lowest BCUT2D eigenvalue weighted by atomic mass is 10.0. The summed E-state index contributed by atoms with van der Waals surface area (Å²) in [4.78, 5) is 16.1. The van der Waals surface area contributed by atoms with Crippen molar-refractivity contribution in [1.82, 2.24) is 10.3 Å². The first-order chi connectivity index (χ1) is 9.94. The Hall–Kier alpha value is -2.08. The molecule has 4 N–H and O–H groups in total. The number of carbonyl (C=O) groups excluding carboxylic acids is 1. The van der Waals surface area contributed by atoms with Crippen LogP contribution in [0.15, 0.2) is 29.8 Å². The molecule has 1 amide bonds. The Bertz CT molecular complexity index is 623. The fourth-order valence-electron chi connectivity index (χ4n) is 2.00. The van der Waals surface area contributed by atoms with Gasteiger partial charge in [0.1, 0.15) is 5.01 Å². The van der Waals surface area contributed by atoms with Crippen molar-refractivity contribution < 1.29 is 4.79 Å². The maximum absolute atomic E-state index is 11.8. The van der Waals surface area contributed by atoms with Gasteiger partial charge in [-0.25, -0.2) is 4.98 Å². The van der Waals surface area contributed by atoms with Gasteiger partial charge in [-0.15, -0.1) is 11.3 Å². The van der Waals surface area contributed by atoms with E-state index < -0.39 is 0 Å². The molecule has 0 aliphatic heterocycles. The summed E-state index contributed by atoms with van der Waals surface area (Å²) in [6, 6.07) is 5.28. The van der Waals surface area contributed by atoms with Gasteiger partial charge in [0.25, 0.3) is 5.91 Å². The van der Waals surface area contributed by atoms with E-state index in [1.807, 2.05) is 32.2 Å². The van der Waals surface area contributed by atoms with Gasteiger partial charge >= 0.3 is 0 Å². The van der Waals surface area contributed by atoms with E-state index in [0.29, 0.717) is 17.8 Å². The Morgan fingerprint density at radius 2 is 2.19 bits per heavy atom. The number of carbonyl (C=O) groups is 1. The Morgan fingerprint density at radius 1 is 1.43 bits per heavy atom. The molecule has 0 aliphatic rings. The second-order valence-electron chi connectivity index (χ2n) is 5.25. The number of hydrogen-bond acceptors (Lipinski definition) is 5. The van der Waals surface area contributed by atoms with Gasteiger partial charge in [0.05, 0.1) is 16.9 Å².